The van der Waals surface area contributed by atoms with Gasteiger partial charge in [0, 0.05) is 25.9 Å². The van der Waals surface area contributed by atoms with Crippen molar-refractivity contribution in [3.8, 4) is 5.75 Å². The molecule has 2 aliphatic rings. The first-order chi connectivity index (χ1) is 23.4. The molecule has 49 heavy (non-hydrogen) atoms. The smallest absolute Gasteiger partial charge is 0.257 e. The molecule has 0 saturated carbocycles. The van der Waals surface area contributed by atoms with Gasteiger partial charge in [0.1, 0.15) is 35.5 Å². The van der Waals surface area contributed by atoms with Gasteiger partial charge in [-0.2, -0.15) is 0 Å². The zero-order valence-corrected chi connectivity index (χ0v) is 29.5. The fourth-order valence-corrected chi connectivity index (χ4v) is 6.02. The van der Waals surface area contributed by atoms with E-state index < -0.39 is 47.5 Å². The Morgan fingerprint density at radius 2 is 1.73 bits per heavy atom. The Balaban J connectivity index is 1.72. The van der Waals surface area contributed by atoms with Crippen molar-refractivity contribution in [2.45, 2.75) is 135 Å². The van der Waals surface area contributed by atoms with Crippen LogP contribution in [0.15, 0.2) is 24.3 Å². The lowest BCUT2D eigenvalue weighted by Crippen LogP contribution is -2.65. The molecular formula is C36H55N5O8. The number of amides is 5. The molecule has 3 rings (SSSR count). The molecule has 0 radical (unpaired) electrons. The van der Waals surface area contributed by atoms with Gasteiger partial charge < -0.3 is 36.0 Å². The van der Waals surface area contributed by atoms with Gasteiger partial charge in [0.05, 0.1) is 0 Å². The molecule has 272 valence electrons. The molecule has 2 aliphatic heterocycles. The van der Waals surface area contributed by atoms with Crippen LogP contribution in [0.25, 0.3) is 0 Å². The maximum absolute atomic E-state index is 14.0. The van der Waals surface area contributed by atoms with Gasteiger partial charge in [-0.1, -0.05) is 51.7 Å². The molecule has 13 heteroatoms. The Morgan fingerprint density at radius 1 is 1.00 bits per heavy atom. The Hall–Kier alpha value is -4.00. The second-order valence-electron chi connectivity index (χ2n) is 13.4. The van der Waals surface area contributed by atoms with Crippen molar-refractivity contribution in [1.82, 2.24) is 26.2 Å². The number of Topliss-reactive ketones (excluding diaryl/α,β-unsaturated/α-hetero) is 1. The lowest BCUT2D eigenvalue weighted by Gasteiger charge is -2.36. The highest BCUT2D eigenvalue weighted by atomic mass is 16.5. The van der Waals surface area contributed by atoms with Crippen LogP contribution in [-0.2, 0) is 35.2 Å². The highest BCUT2D eigenvalue weighted by molar-refractivity contribution is 5.99. The predicted octanol–water partition coefficient (Wildman–Crippen LogP) is 2.07. The van der Waals surface area contributed by atoms with Crippen molar-refractivity contribution in [2.24, 2.45) is 0 Å². The number of benzene rings is 1. The van der Waals surface area contributed by atoms with Crippen molar-refractivity contribution in [3.05, 3.63) is 29.8 Å². The standard InChI is InChI=1S/C36H55N5O8/c1-5-7-11-20-37-31(44)23-49-26-18-16-25(17-19-26)22-28-34(47)41-21-12-14-29(41)33(46)38-27(13-9-8-10-15-30(43)24(3)42)32(45)40-36(4,6-2)35(48)39-28/h16-19,24,27-29,42H,5-15,20-23H2,1-4H3,(H,37,44)(H,38,46)(H,39,48)(H,40,45)/t24-,27+,28+,29-,36+/m1/s1. The fourth-order valence-electron chi connectivity index (χ4n) is 6.02. The predicted molar refractivity (Wildman–Crippen MR) is 183 cm³/mol. The quantitative estimate of drug-likeness (QED) is 0.155. The number of rotatable bonds is 17. The highest BCUT2D eigenvalue weighted by Crippen LogP contribution is 2.23. The first kappa shape index (κ1) is 39.4. The Morgan fingerprint density at radius 3 is 2.41 bits per heavy atom. The van der Waals surface area contributed by atoms with Crippen molar-refractivity contribution < 1.29 is 38.6 Å². The number of nitrogens with zero attached hydrogens (tertiary/aromatic N) is 1. The average molecular weight is 686 g/mol. The van der Waals surface area contributed by atoms with Gasteiger partial charge in [-0.05, 0) is 70.1 Å². The molecule has 0 aromatic heterocycles. The maximum atomic E-state index is 14.0. The maximum Gasteiger partial charge on any atom is 0.257 e. The van der Waals surface area contributed by atoms with Gasteiger partial charge in [0.25, 0.3) is 5.91 Å². The van der Waals surface area contributed by atoms with Gasteiger partial charge in [-0.25, -0.2) is 0 Å². The second-order valence-corrected chi connectivity index (χ2v) is 13.4. The van der Waals surface area contributed by atoms with E-state index in [0.717, 1.165) is 24.8 Å². The Bertz CT molecular complexity index is 1300. The summed E-state index contributed by atoms with van der Waals surface area (Å²) in [6, 6.07) is 4.23. The number of unbranched alkanes of at least 4 members (excludes halogenated alkanes) is 4. The van der Waals surface area contributed by atoms with E-state index in [-0.39, 0.29) is 49.9 Å². The molecule has 2 fully saturated rings. The third-order valence-electron chi connectivity index (χ3n) is 9.40. The van der Waals surface area contributed by atoms with Crippen LogP contribution in [0.4, 0.5) is 0 Å². The van der Waals surface area contributed by atoms with Gasteiger partial charge in [0.2, 0.25) is 23.6 Å². The van der Waals surface area contributed by atoms with Crippen molar-refractivity contribution in [2.75, 3.05) is 19.7 Å². The SMILES string of the molecule is CCCCCNC(=O)COc1ccc(C[C@@H]2NC(=O)[C@](C)(CC)NC(=O)[C@H](CCCCCC(=O)[C@@H](C)O)NC(=O)[C@H]3CCCN3C2=O)cc1. The van der Waals surface area contributed by atoms with E-state index in [2.05, 4.69) is 28.2 Å². The van der Waals surface area contributed by atoms with Gasteiger partial charge in [-0.3, -0.25) is 28.8 Å². The fraction of sp³-hybridized carbons (Fsp3) is 0.667. The average Bonchev–Trinajstić information content (AvgIpc) is 3.58. The molecule has 1 aromatic rings. The van der Waals surface area contributed by atoms with Crippen LogP contribution in [-0.4, -0.2) is 94.8 Å². The summed E-state index contributed by atoms with van der Waals surface area (Å²) >= 11 is 0. The molecule has 2 saturated heterocycles. The number of aliphatic hydroxyl groups is 1. The van der Waals surface area contributed by atoms with Crippen LogP contribution in [0.3, 0.4) is 0 Å². The number of ether oxygens (including phenoxy) is 1. The number of ketones is 1. The molecule has 2 heterocycles. The van der Waals surface area contributed by atoms with E-state index in [1.165, 1.54) is 11.8 Å². The highest BCUT2D eigenvalue weighted by Gasteiger charge is 2.43. The van der Waals surface area contributed by atoms with Crippen LogP contribution in [0.1, 0.15) is 104 Å². The minimum atomic E-state index is -1.36. The monoisotopic (exact) mass is 685 g/mol. The lowest BCUT2D eigenvalue weighted by atomic mass is 9.94. The van der Waals surface area contributed by atoms with Gasteiger partial charge in [-0.15, -0.1) is 0 Å². The van der Waals surface area contributed by atoms with Crippen molar-refractivity contribution in [1.29, 1.82) is 0 Å². The molecule has 5 N–H and O–H groups in total. The molecule has 1 aromatic carbocycles. The second kappa shape index (κ2) is 19.3. The lowest BCUT2D eigenvalue weighted by molar-refractivity contribution is -0.144. The summed E-state index contributed by atoms with van der Waals surface area (Å²) in [6.45, 7) is 7.71. The number of fused-ring (bicyclic) bond motifs is 1. The minimum Gasteiger partial charge on any atom is -0.484 e. The van der Waals surface area contributed by atoms with Crippen LogP contribution in [0, 0.1) is 0 Å². The molecule has 13 nitrogen and oxygen atoms in total. The zero-order chi connectivity index (χ0) is 36.0. The molecule has 0 unspecified atom stereocenters. The molecule has 0 aliphatic carbocycles. The summed E-state index contributed by atoms with van der Waals surface area (Å²) in [5.41, 5.74) is -0.625. The van der Waals surface area contributed by atoms with Crippen LogP contribution < -0.4 is 26.0 Å². The number of hydrogen-bond acceptors (Lipinski definition) is 8. The van der Waals surface area contributed by atoms with E-state index in [1.54, 1.807) is 38.1 Å². The number of carbonyl (C=O) groups is 6. The number of nitrogens with one attached hydrogen (secondary N) is 4. The Labute approximate surface area is 289 Å². The largest absolute Gasteiger partial charge is 0.484 e. The van der Waals surface area contributed by atoms with Crippen LogP contribution >= 0.6 is 0 Å². The third-order valence-corrected chi connectivity index (χ3v) is 9.40. The summed E-state index contributed by atoms with van der Waals surface area (Å²) in [7, 11) is 0. The van der Waals surface area contributed by atoms with E-state index in [9.17, 15) is 33.9 Å². The van der Waals surface area contributed by atoms with Crippen molar-refractivity contribution >= 4 is 35.3 Å². The molecule has 0 bridgehead atoms. The van der Waals surface area contributed by atoms with E-state index in [4.69, 9.17) is 4.74 Å². The minimum absolute atomic E-state index is 0.117. The van der Waals surface area contributed by atoms with E-state index >= 15 is 0 Å². The summed E-state index contributed by atoms with van der Waals surface area (Å²) < 4.78 is 5.62. The van der Waals surface area contributed by atoms with Gasteiger partial charge >= 0.3 is 0 Å². The number of carbonyl (C=O) groups excluding carboxylic acids is 6. The molecule has 5 atom stereocenters. The Kier molecular flexibility index (Phi) is 15.5. The number of hydrogen-bond donors (Lipinski definition) is 5. The molecular weight excluding hydrogens is 630 g/mol. The first-order valence-electron chi connectivity index (χ1n) is 17.8. The number of aliphatic hydroxyl groups excluding tert-OH is 1. The zero-order valence-electron chi connectivity index (χ0n) is 29.5. The topological polar surface area (TPSA) is 183 Å². The third kappa shape index (κ3) is 11.8. The summed E-state index contributed by atoms with van der Waals surface area (Å²) in [6.07, 6.45) is 5.62. The van der Waals surface area contributed by atoms with Crippen molar-refractivity contribution in [3.63, 3.8) is 0 Å². The summed E-state index contributed by atoms with van der Waals surface area (Å²) in [5.74, 6) is -1.76. The van der Waals surface area contributed by atoms with Crippen LogP contribution in [0.5, 0.6) is 5.75 Å². The summed E-state index contributed by atoms with van der Waals surface area (Å²) in [4.78, 5) is 80.3. The van der Waals surface area contributed by atoms with E-state index in [0.29, 0.717) is 50.9 Å². The molecule has 5 amide bonds. The summed E-state index contributed by atoms with van der Waals surface area (Å²) in [5, 5.41) is 20.8. The molecule has 0 spiro atoms. The normalized spacial score (nSPS) is 23.7. The first-order valence-corrected chi connectivity index (χ1v) is 17.8. The van der Waals surface area contributed by atoms with E-state index in [1.807, 2.05) is 0 Å². The van der Waals surface area contributed by atoms with Gasteiger partial charge in [0.15, 0.2) is 12.4 Å². The van der Waals surface area contributed by atoms with Crippen LogP contribution in [0.2, 0.25) is 0 Å².